The maximum atomic E-state index is 12.7. The van der Waals surface area contributed by atoms with E-state index < -0.39 is 0 Å². The molecule has 7 heteroatoms. The molecule has 1 amide bonds. The third-order valence-corrected chi connectivity index (χ3v) is 5.25. The average Bonchev–Trinajstić information content (AvgIpc) is 3.12. The van der Waals surface area contributed by atoms with Gasteiger partial charge in [0.15, 0.2) is 0 Å². The zero-order valence-electron chi connectivity index (χ0n) is 15.3. The fourth-order valence-electron chi connectivity index (χ4n) is 2.99. The molecule has 2 aromatic carbocycles. The van der Waals surface area contributed by atoms with Crippen molar-refractivity contribution in [2.45, 2.75) is 19.9 Å². The summed E-state index contributed by atoms with van der Waals surface area (Å²) in [5, 5.41) is 6.03. The number of nitrogens with one attached hydrogen (secondary N) is 1. The van der Waals surface area contributed by atoms with Crippen LogP contribution >= 0.6 is 11.3 Å². The van der Waals surface area contributed by atoms with Gasteiger partial charge in [0.1, 0.15) is 5.01 Å². The summed E-state index contributed by atoms with van der Waals surface area (Å²) in [6.45, 7) is 2.26. The van der Waals surface area contributed by atoms with Crippen LogP contribution in [0.25, 0.3) is 10.9 Å². The third kappa shape index (κ3) is 3.84. The Hall–Kier alpha value is -3.32. The summed E-state index contributed by atoms with van der Waals surface area (Å²) in [5.41, 5.74) is 3.10. The van der Waals surface area contributed by atoms with Gasteiger partial charge in [-0.2, -0.15) is 0 Å². The largest absolute Gasteiger partial charge is 0.326 e. The standard InChI is InChI=1S/C21H18N4O2S/c1-14-6-5-9-17-20(14)22-13-25(21(17)27)11-16-12-28-19(24-16)10-18(26)23-15-7-3-2-4-8-15/h2-9,12-13H,10-11H2,1H3,(H,23,26). The van der Waals surface area contributed by atoms with Gasteiger partial charge in [0.05, 0.1) is 35.9 Å². The van der Waals surface area contributed by atoms with Crippen molar-refractivity contribution in [3.63, 3.8) is 0 Å². The lowest BCUT2D eigenvalue weighted by Gasteiger charge is -2.06. The minimum absolute atomic E-state index is 0.0925. The van der Waals surface area contributed by atoms with E-state index in [0.29, 0.717) is 16.9 Å². The van der Waals surface area contributed by atoms with E-state index in [0.717, 1.165) is 22.5 Å². The van der Waals surface area contributed by atoms with E-state index in [2.05, 4.69) is 15.3 Å². The number of hydrogen-bond acceptors (Lipinski definition) is 5. The second-order valence-corrected chi connectivity index (χ2v) is 7.41. The van der Waals surface area contributed by atoms with E-state index >= 15 is 0 Å². The minimum atomic E-state index is -0.118. The van der Waals surface area contributed by atoms with Gasteiger partial charge in [-0.15, -0.1) is 11.3 Å². The number of benzene rings is 2. The van der Waals surface area contributed by atoms with Gasteiger partial charge in [-0.1, -0.05) is 30.3 Å². The lowest BCUT2D eigenvalue weighted by atomic mass is 10.1. The normalized spacial score (nSPS) is 10.9. The first-order valence-electron chi connectivity index (χ1n) is 8.83. The lowest BCUT2D eigenvalue weighted by molar-refractivity contribution is -0.115. The summed E-state index contributed by atoms with van der Waals surface area (Å²) < 4.78 is 1.55. The van der Waals surface area contributed by atoms with Gasteiger partial charge < -0.3 is 5.32 Å². The topological polar surface area (TPSA) is 76.9 Å². The molecule has 2 heterocycles. The first kappa shape index (κ1) is 18.1. The van der Waals surface area contributed by atoms with Crippen molar-refractivity contribution in [1.29, 1.82) is 0 Å². The molecule has 0 aliphatic carbocycles. The Balaban J connectivity index is 1.48. The summed E-state index contributed by atoms with van der Waals surface area (Å²) in [6.07, 6.45) is 1.75. The summed E-state index contributed by atoms with van der Waals surface area (Å²) >= 11 is 1.41. The number of para-hydroxylation sites is 2. The minimum Gasteiger partial charge on any atom is -0.326 e. The first-order chi connectivity index (χ1) is 13.6. The highest BCUT2D eigenvalue weighted by atomic mass is 32.1. The van der Waals surface area contributed by atoms with Crippen LogP contribution in [0.1, 0.15) is 16.3 Å². The molecule has 1 N–H and O–H groups in total. The molecule has 0 saturated carbocycles. The van der Waals surface area contributed by atoms with Crippen molar-refractivity contribution in [3.8, 4) is 0 Å². The Morgan fingerprint density at radius 3 is 2.79 bits per heavy atom. The van der Waals surface area contributed by atoms with Crippen LogP contribution in [0.15, 0.2) is 65.0 Å². The van der Waals surface area contributed by atoms with Crippen molar-refractivity contribution in [2.75, 3.05) is 5.32 Å². The maximum absolute atomic E-state index is 12.7. The highest BCUT2D eigenvalue weighted by molar-refractivity contribution is 7.09. The van der Waals surface area contributed by atoms with Crippen LogP contribution in [0.5, 0.6) is 0 Å². The summed E-state index contributed by atoms with van der Waals surface area (Å²) in [6, 6.07) is 14.9. The van der Waals surface area contributed by atoms with Gasteiger partial charge in [0, 0.05) is 11.1 Å². The molecule has 0 unspecified atom stereocenters. The van der Waals surface area contributed by atoms with Gasteiger partial charge in [0.2, 0.25) is 5.91 Å². The molecule has 4 rings (SSSR count). The van der Waals surface area contributed by atoms with Crippen LogP contribution in [0, 0.1) is 6.92 Å². The summed E-state index contributed by atoms with van der Waals surface area (Å²) in [4.78, 5) is 33.8. The van der Waals surface area contributed by atoms with Crippen LogP contribution in [0.3, 0.4) is 0 Å². The fourth-order valence-corrected chi connectivity index (χ4v) is 3.78. The molecule has 0 radical (unpaired) electrons. The van der Waals surface area contributed by atoms with Crippen molar-refractivity contribution in [3.05, 3.63) is 86.9 Å². The highest BCUT2D eigenvalue weighted by Crippen LogP contribution is 2.15. The average molecular weight is 390 g/mol. The second kappa shape index (κ2) is 7.74. The molecule has 0 aliphatic heterocycles. The van der Waals surface area contributed by atoms with Crippen LogP contribution in [0.2, 0.25) is 0 Å². The number of thiazole rings is 1. The molecule has 0 atom stereocenters. The number of nitrogens with zero attached hydrogens (tertiary/aromatic N) is 3. The van der Waals surface area contributed by atoms with Gasteiger partial charge >= 0.3 is 0 Å². The number of amides is 1. The Kier molecular flexibility index (Phi) is 4.99. The molecule has 140 valence electrons. The molecule has 6 nitrogen and oxygen atoms in total. The molecule has 0 spiro atoms. The SMILES string of the molecule is Cc1cccc2c(=O)n(Cc3csc(CC(=O)Nc4ccccc4)n3)cnc12. The van der Waals surface area contributed by atoms with Crippen LogP contribution in [-0.4, -0.2) is 20.4 Å². The number of carbonyl (C=O) groups excluding carboxylic acids is 1. The zero-order valence-corrected chi connectivity index (χ0v) is 16.1. The Morgan fingerprint density at radius 1 is 1.14 bits per heavy atom. The maximum Gasteiger partial charge on any atom is 0.261 e. The third-order valence-electron chi connectivity index (χ3n) is 4.36. The number of anilines is 1. The van der Waals surface area contributed by atoms with E-state index in [4.69, 9.17) is 0 Å². The summed E-state index contributed by atoms with van der Waals surface area (Å²) in [5.74, 6) is -0.118. The van der Waals surface area contributed by atoms with Gasteiger partial charge in [-0.3, -0.25) is 14.2 Å². The number of hydrogen-bond donors (Lipinski definition) is 1. The van der Waals surface area contributed by atoms with Gasteiger partial charge in [-0.25, -0.2) is 9.97 Å². The quantitative estimate of drug-likeness (QED) is 0.567. The van der Waals surface area contributed by atoms with E-state index in [1.807, 2.05) is 54.8 Å². The van der Waals surface area contributed by atoms with Crippen LogP contribution in [0.4, 0.5) is 5.69 Å². The zero-order chi connectivity index (χ0) is 19.5. The van der Waals surface area contributed by atoms with E-state index in [1.54, 1.807) is 17.0 Å². The van der Waals surface area contributed by atoms with E-state index in [1.165, 1.54) is 11.3 Å². The monoisotopic (exact) mass is 390 g/mol. The van der Waals surface area contributed by atoms with Crippen molar-refractivity contribution < 1.29 is 4.79 Å². The number of aryl methyl sites for hydroxylation is 1. The van der Waals surface area contributed by atoms with E-state index in [9.17, 15) is 9.59 Å². The Labute approximate surface area is 165 Å². The number of rotatable bonds is 5. The smallest absolute Gasteiger partial charge is 0.261 e. The van der Waals surface area contributed by atoms with Crippen LogP contribution < -0.4 is 10.9 Å². The molecule has 0 fully saturated rings. The molecule has 4 aromatic rings. The Bertz CT molecular complexity index is 1200. The lowest BCUT2D eigenvalue weighted by Crippen LogP contribution is -2.21. The number of aromatic nitrogens is 3. The molecular weight excluding hydrogens is 372 g/mol. The first-order valence-corrected chi connectivity index (χ1v) is 9.71. The predicted molar refractivity (Wildman–Crippen MR) is 111 cm³/mol. The summed E-state index contributed by atoms with van der Waals surface area (Å²) in [7, 11) is 0. The molecule has 0 saturated heterocycles. The second-order valence-electron chi connectivity index (χ2n) is 6.47. The predicted octanol–water partition coefficient (Wildman–Crippen LogP) is 3.39. The molecule has 0 bridgehead atoms. The fraction of sp³-hybridized carbons (Fsp3) is 0.143. The van der Waals surface area contributed by atoms with E-state index in [-0.39, 0.29) is 17.9 Å². The van der Waals surface area contributed by atoms with Gasteiger partial charge in [0.25, 0.3) is 5.56 Å². The van der Waals surface area contributed by atoms with Crippen LogP contribution in [-0.2, 0) is 17.8 Å². The molecule has 28 heavy (non-hydrogen) atoms. The number of carbonyl (C=O) groups is 1. The van der Waals surface area contributed by atoms with Crippen molar-refractivity contribution in [2.24, 2.45) is 0 Å². The number of fused-ring (bicyclic) bond motifs is 1. The van der Waals surface area contributed by atoms with Crippen molar-refractivity contribution >= 4 is 33.8 Å². The molecular formula is C21H18N4O2S. The Morgan fingerprint density at radius 2 is 1.96 bits per heavy atom. The van der Waals surface area contributed by atoms with Gasteiger partial charge in [-0.05, 0) is 30.7 Å². The molecule has 2 aromatic heterocycles. The van der Waals surface area contributed by atoms with Crippen molar-refractivity contribution in [1.82, 2.24) is 14.5 Å². The highest BCUT2D eigenvalue weighted by Gasteiger charge is 2.11. The molecule has 0 aliphatic rings.